The number of benzene rings is 3. The Bertz CT molecular complexity index is 1300. The maximum Gasteiger partial charge on any atom is 0.417 e. The highest BCUT2D eigenvalue weighted by Gasteiger charge is 2.36. The molecule has 182 valence electrons. The Balaban J connectivity index is 1.67. The van der Waals surface area contributed by atoms with Crippen LogP contribution in [-0.2, 0) is 21.0 Å². The molecule has 3 rings (SSSR count). The lowest BCUT2D eigenvalue weighted by atomic mass is 10.1. The lowest BCUT2D eigenvalue weighted by molar-refractivity contribution is -0.137. The zero-order chi connectivity index (χ0) is 25.1. The van der Waals surface area contributed by atoms with Crippen molar-refractivity contribution < 1.29 is 31.1 Å². The molecule has 0 spiro atoms. The number of carbonyl (C=O) groups is 1. The number of halogens is 4. The van der Waals surface area contributed by atoms with E-state index in [2.05, 4.69) is 5.32 Å². The van der Waals surface area contributed by atoms with Gasteiger partial charge in [-0.15, -0.1) is 0 Å². The first-order valence-corrected chi connectivity index (χ1v) is 12.4. The molecule has 0 aliphatic carbocycles. The van der Waals surface area contributed by atoms with Gasteiger partial charge in [-0.05, 0) is 48.0 Å². The molecule has 0 saturated carbocycles. The van der Waals surface area contributed by atoms with Gasteiger partial charge in [-0.2, -0.15) is 13.2 Å². The number of nitrogens with zero attached hydrogens (tertiary/aromatic N) is 1. The lowest BCUT2D eigenvalue weighted by Crippen LogP contribution is -2.48. The number of carbonyl (C=O) groups excluding carboxylic acids is 1. The van der Waals surface area contributed by atoms with Crippen molar-refractivity contribution in [1.29, 1.82) is 0 Å². The molecule has 1 atom stereocenters. The Hall–Kier alpha value is -2.98. The number of hydrogen-bond donors (Lipinski definition) is 1. The van der Waals surface area contributed by atoms with Crippen LogP contribution in [0.25, 0.3) is 10.8 Å². The van der Waals surface area contributed by atoms with E-state index in [4.69, 9.17) is 16.3 Å². The van der Waals surface area contributed by atoms with Gasteiger partial charge in [0.15, 0.2) is 0 Å². The fourth-order valence-electron chi connectivity index (χ4n) is 3.42. The van der Waals surface area contributed by atoms with Crippen LogP contribution in [0.2, 0.25) is 5.02 Å². The predicted molar refractivity (Wildman–Crippen MR) is 126 cm³/mol. The number of rotatable bonds is 8. The van der Waals surface area contributed by atoms with Gasteiger partial charge in [0.25, 0.3) is 0 Å². The molecular weight excluding hydrogens is 493 g/mol. The Labute approximate surface area is 200 Å². The standard InChI is InChI=1S/C23H22ClF3N2O4S/c1-15(29(34(2,31)32)18-8-10-21(24)20(14-18)23(25,26)27)22(30)28-11-12-33-19-9-7-16-5-3-4-6-17(16)13-19/h3-10,13-15H,11-12H2,1-2H3,(H,28,30). The minimum Gasteiger partial charge on any atom is -0.492 e. The topological polar surface area (TPSA) is 75.7 Å². The molecule has 34 heavy (non-hydrogen) atoms. The summed E-state index contributed by atoms with van der Waals surface area (Å²) < 4.78 is 70.7. The van der Waals surface area contributed by atoms with Crippen molar-refractivity contribution in [3.8, 4) is 5.75 Å². The van der Waals surface area contributed by atoms with Crippen molar-refractivity contribution in [2.24, 2.45) is 0 Å². The van der Waals surface area contributed by atoms with Crippen molar-refractivity contribution >= 4 is 44.0 Å². The summed E-state index contributed by atoms with van der Waals surface area (Å²) in [6.07, 6.45) is -3.98. The Kier molecular flexibility index (Phi) is 7.62. The van der Waals surface area contributed by atoms with Crippen molar-refractivity contribution in [2.75, 3.05) is 23.7 Å². The van der Waals surface area contributed by atoms with Crippen LogP contribution in [0.3, 0.4) is 0 Å². The first-order valence-electron chi connectivity index (χ1n) is 10.1. The van der Waals surface area contributed by atoms with Crippen molar-refractivity contribution in [2.45, 2.75) is 19.1 Å². The number of alkyl halides is 3. The van der Waals surface area contributed by atoms with Gasteiger partial charge in [-0.25, -0.2) is 8.42 Å². The number of fused-ring (bicyclic) bond motifs is 1. The van der Waals surface area contributed by atoms with Gasteiger partial charge < -0.3 is 10.1 Å². The third kappa shape index (κ3) is 6.12. The summed E-state index contributed by atoms with van der Waals surface area (Å²) >= 11 is 5.63. The van der Waals surface area contributed by atoms with Gasteiger partial charge in [-0.1, -0.05) is 41.9 Å². The third-order valence-electron chi connectivity index (χ3n) is 4.99. The molecule has 6 nitrogen and oxygen atoms in total. The Morgan fingerprint density at radius 1 is 1.09 bits per heavy atom. The molecule has 0 saturated heterocycles. The number of amides is 1. The van der Waals surface area contributed by atoms with E-state index in [0.29, 0.717) is 16.1 Å². The van der Waals surface area contributed by atoms with E-state index in [1.807, 2.05) is 36.4 Å². The predicted octanol–water partition coefficient (Wildman–Crippen LogP) is 4.86. The molecule has 3 aromatic carbocycles. The summed E-state index contributed by atoms with van der Waals surface area (Å²) in [5.41, 5.74) is -1.52. The smallest absolute Gasteiger partial charge is 0.417 e. The molecule has 0 fully saturated rings. The van der Waals surface area contributed by atoms with Gasteiger partial charge >= 0.3 is 6.18 Å². The van der Waals surface area contributed by atoms with E-state index in [-0.39, 0.29) is 18.8 Å². The van der Waals surface area contributed by atoms with Crippen LogP contribution in [0.1, 0.15) is 12.5 Å². The van der Waals surface area contributed by atoms with Gasteiger partial charge in [0.2, 0.25) is 15.9 Å². The second-order valence-corrected chi connectivity index (χ2v) is 9.81. The van der Waals surface area contributed by atoms with Crippen molar-refractivity contribution in [3.05, 3.63) is 71.2 Å². The van der Waals surface area contributed by atoms with Gasteiger partial charge in [0, 0.05) is 0 Å². The molecule has 11 heteroatoms. The quantitative estimate of drug-likeness (QED) is 0.436. The van der Waals surface area contributed by atoms with Crippen LogP contribution in [0.5, 0.6) is 5.75 Å². The molecule has 1 amide bonds. The van der Waals surface area contributed by atoms with Crippen LogP contribution < -0.4 is 14.4 Å². The number of sulfonamides is 1. The first kappa shape index (κ1) is 25.6. The van der Waals surface area contributed by atoms with Gasteiger partial charge in [0.1, 0.15) is 18.4 Å². The maximum atomic E-state index is 13.2. The van der Waals surface area contributed by atoms with Crippen LogP contribution in [-0.4, -0.2) is 39.8 Å². The van der Waals surface area contributed by atoms with Crippen LogP contribution in [0.4, 0.5) is 18.9 Å². The summed E-state index contributed by atoms with van der Waals surface area (Å²) in [4.78, 5) is 12.6. The fraction of sp³-hybridized carbons (Fsp3) is 0.261. The molecular formula is C23H22ClF3N2O4S. The van der Waals surface area contributed by atoms with E-state index in [1.54, 1.807) is 6.07 Å². The number of ether oxygens (including phenoxy) is 1. The second-order valence-electron chi connectivity index (χ2n) is 7.55. The molecule has 1 N–H and O–H groups in total. The largest absolute Gasteiger partial charge is 0.492 e. The molecule has 1 unspecified atom stereocenters. The van der Waals surface area contributed by atoms with Crippen molar-refractivity contribution in [3.63, 3.8) is 0 Å². The van der Waals surface area contributed by atoms with Crippen LogP contribution >= 0.6 is 11.6 Å². The van der Waals surface area contributed by atoms with Crippen molar-refractivity contribution in [1.82, 2.24) is 5.32 Å². The second kappa shape index (κ2) is 10.1. The lowest BCUT2D eigenvalue weighted by Gasteiger charge is -2.29. The zero-order valence-electron chi connectivity index (χ0n) is 18.3. The summed E-state index contributed by atoms with van der Waals surface area (Å²) in [6, 6.07) is 14.6. The van der Waals surface area contributed by atoms with E-state index in [0.717, 1.165) is 29.2 Å². The minimum absolute atomic E-state index is 0.0576. The number of anilines is 1. The molecule has 0 bridgehead atoms. The molecule has 0 aliphatic heterocycles. The average molecular weight is 515 g/mol. The number of hydrogen-bond acceptors (Lipinski definition) is 4. The van der Waals surface area contributed by atoms with E-state index < -0.39 is 38.7 Å². The maximum absolute atomic E-state index is 13.2. The van der Waals surface area contributed by atoms with Gasteiger partial charge in [0.05, 0.1) is 29.1 Å². The van der Waals surface area contributed by atoms with E-state index in [1.165, 1.54) is 6.92 Å². The highest BCUT2D eigenvalue weighted by molar-refractivity contribution is 7.92. The minimum atomic E-state index is -4.79. The normalized spacial score (nSPS) is 12.9. The first-order chi connectivity index (χ1) is 15.9. The van der Waals surface area contributed by atoms with E-state index in [9.17, 15) is 26.4 Å². The summed E-state index contributed by atoms with van der Waals surface area (Å²) in [7, 11) is -4.10. The highest BCUT2D eigenvalue weighted by Crippen LogP contribution is 2.37. The third-order valence-corrected chi connectivity index (χ3v) is 6.56. The van der Waals surface area contributed by atoms with Crippen LogP contribution in [0, 0.1) is 0 Å². The van der Waals surface area contributed by atoms with Crippen LogP contribution in [0.15, 0.2) is 60.7 Å². The molecule has 3 aromatic rings. The molecule has 0 aliphatic rings. The molecule has 0 radical (unpaired) electrons. The van der Waals surface area contributed by atoms with Gasteiger partial charge in [-0.3, -0.25) is 9.10 Å². The number of nitrogens with one attached hydrogen (secondary N) is 1. The fourth-order valence-corrected chi connectivity index (χ4v) is 4.82. The SMILES string of the molecule is CC(C(=O)NCCOc1ccc2ccccc2c1)N(c1ccc(Cl)c(C(F)(F)F)c1)S(C)(=O)=O. The average Bonchev–Trinajstić information content (AvgIpc) is 2.76. The Morgan fingerprint density at radius 2 is 1.76 bits per heavy atom. The van der Waals surface area contributed by atoms with E-state index >= 15 is 0 Å². The summed E-state index contributed by atoms with van der Waals surface area (Å²) in [5.74, 6) is -0.101. The summed E-state index contributed by atoms with van der Waals surface area (Å²) in [6.45, 7) is 1.44. The summed E-state index contributed by atoms with van der Waals surface area (Å²) in [5, 5.41) is 4.01. The monoisotopic (exact) mass is 514 g/mol. The highest BCUT2D eigenvalue weighted by atomic mass is 35.5. The zero-order valence-corrected chi connectivity index (χ0v) is 19.8. The molecule has 0 aromatic heterocycles. The Morgan fingerprint density at radius 3 is 2.41 bits per heavy atom. The molecule has 0 heterocycles.